The van der Waals surface area contributed by atoms with Crippen molar-refractivity contribution in [3.8, 4) is 12.3 Å². The number of rotatable bonds is 11. The van der Waals surface area contributed by atoms with Crippen molar-refractivity contribution in [3.05, 3.63) is 69.8 Å². The Morgan fingerprint density at radius 3 is 2.19 bits per heavy atom. The van der Waals surface area contributed by atoms with E-state index in [2.05, 4.69) is 15.9 Å². The molecule has 3 aromatic rings. The summed E-state index contributed by atoms with van der Waals surface area (Å²) in [5.41, 5.74) is 4.23. The van der Waals surface area contributed by atoms with Crippen LogP contribution in [0.3, 0.4) is 0 Å². The van der Waals surface area contributed by atoms with Gasteiger partial charge in [0.1, 0.15) is 11.9 Å². The molecule has 3 rings (SSSR count). The standard InChI is InChI=1S/C36H45N5O7/c1-10-19-41(21-23-11-17-28-26(20-23)30(43)39-22(2)38-28)25-14-12-24(13-15-25)31(44)40(9)36(34(3,4)5,35(6,7)8)33(47)48-29(42)18-16-27(37)32(45)46/h1,11-15,17,20,27H,16,18-19,21,37H2,2-9H3,(H,45,46)(H,38,39,43)/t27-/m0/s1. The summed E-state index contributed by atoms with van der Waals surface area (Å²) in [7, 11) is 1.50. The molecule has 1 atom stereocenters. The first-order valence-electron chi connectivity index (χ1n) is 15.5. The van der Waals surface area contributed by atoms with E-state index in [9.17, 15) is 24.0 Å². The van der Waals surface area contributed by atoms with E-state index in [1.54, 1.807) is 84.9 Å². The predicted octanol–water partition coefficient (Wildman–Crippen LogP) is 4.04. The maximum Gasteiger partial charge on any atom is 0.340 e. The summed E-state index contributed by atoms with van der Waals surface area (Å²) in [6.07, 6.45) is 5.09. The molecule has 1 amide bonds. The number of terminal acetylenes is 1. The number of hydrogen-bond acceptors (Lipinski definition) is 9. The summed E-state index contributed by atoms with van der Waals surface area (Å²) in [5.74, 6) is -0.434. The number of aliphatic carboxylic acids is 1. The molecule has 4 N–H and O–H groups in total. The Labute approximate surface area is 280 Å². The fourth-order valence-corrected chi connectivity index (χ4v) is 6.64. The van der Waals surface area contributed by atoms with Crippen LogP contribution in [0, 0.1) is 30.1 Å². The lowest BCUT2D eigenvalue weighted by atomic mass is 9.59. The molecular weight excluding hydrogens is 614 g/mol. The van der Waals surface area contributed by atoms with Crippen molar-refractivity contribution in [2.24, 2.45) is 16.6 Å². The number of aryl methyl sites for hydroxylation is 1. The molecule has 0 aliphatic rings. The van der Waals surface area contributed by atoms with E-state index in [0.717, 1.165) is 11.3 Å². The van der Waals surface area contributed by atoms with Gasteiger partial charge in [-0.05, 0) is 66.1 Å². The van der Waals surface area contributed by atoms with Crippen LogP contribution in [0.4, 0.5) is 5.69 Å². The molecule has 48 heavy (non-hydrogen) atoms. The number of aromatic amines is 1. The van der Waals surface area contributed by atoms with Gasteiger partial charge in [-0.1, -0.05) is 53.5 Å². The molecule has 1 aromatic heterocycles. The van der Waals surface area contributed by atoms with Gasteiger partial charge in [-0.2, -0.15) is 0 Å². The molecule has 1 heterocycles. The van der Waals surface area contributed by atoms with E-state index in [-0.39, 0.29) is 30.5 Å². The van der Waals surface area contributed by atoms with Crippen molar-refractivity contribution in [2.45, 2.75) is 79.4 Å². The number of nitrogens with zero attached hydrogens (tertiary/aromatic N) is 3. The normalized spacial score (nSPS) is 12.6. The van der Waals surface area contributed by atoms with Gasteiger partial charge in [0.2, 0.25) is 0 Å². The third kappa shape index (κ3) is 7.74. The summed E-state index contributed by atoms with van der Waals surface area (Å²) in [5, 5.41) is 9.51. The summed E-state index contributed by atoms with van der Waals surface area (Å²) in [6, 6.07) is 10.9. The molecule has 0 radical (unpaired) electrons. The molecule has 0 aliphatic carbocycles. The summed E-state index contributed by atoms with van der Waals surface area (Å²) in [4.78, 5) is 74.7. The van der Waals surface area contributed by atoms with Crippen LogP contribution >= 0.6 is 0 Å². The fourth-order valence-electron chi connectivity index (χ4n) is 6.64. The van der Waals surface area contributed by atoms with Crippen LogP contribution in [0.5, 0.6) is 0 Å². The topological polar surface area (TPSA) is 176 Å². The molecule has 0 saturated heterocycles. The van der Waals surface area contributed by atoms with Crippen LogP contribution in [0.1, 0.15) is 76.1 Å². The summed E-state index contributed by atoms with van der Waals surface area (Å²) in [6.45, 7) is 13.1. The minimum absolute atomic E-state index is 0.215. The van der Waals surface area contributed by atoms with Crippen molar-refractivity contribution >= 4 is 40.4 Å². The fraction of sp³-hybridized carbons (Fsp3) is 0.444. The van der Waals surface area contributed by atoms with E-state index in [1.165, 1.54) is 11.9 Å². The van der Waals surface area contributed by atoms with E-state index in [0.29, 0.717) is 23.3 Å². The Kier molecular flexibility index (Phi) is 11.2. The van der Waals surface area contributed by atoms with Crippen LogP contribution in [-0.2, 0) is 25.7 Å². The van der Waals surface area contributed by atoms with Crippen LogP contribution < -0.4 is 16.2 Å². The minimum atomic E-state index is -1.64. The second kappa shape index (κ2) is 14.4. The second-order valence-electron chi connectivity index (χ2n) is 13.9. The maximum atomic E-state index is 14.1. The molecule has 0 saturated carbocycles. The first-order chi connectivity index (χ1) is 22.2. The highest BCUT2D eigenvalue weighted by Gasteiger charge is 2.62. The first kappa shape index (κ1) is 37.4. The SMILES string of the molecule is C#CCN(Cc1ccc2nc(C)[nH]c(=O)c2c1)c1ccc(C(=O)N(C)C(C(=O)OC(=O)CC[C@H](N)C(=O)O)(C(C)(C)C)C(C)(C)C)cc1. The van der Waals surface area contributed by atoms with E-state index < -0.39 is 46.2 Å². The average Bonchev–Trinajstić information content (AvgIpc) is 2.98. The lowest BCUT2D eigenvalue weighted by molar-refractivity contribution is -0.181. The van der Waals surface area contributed by atoms with Gasteiger partial charge in [-0.15, -0.1) is 6.42 Å². The first-order valence-corrected chi connectivity index (χ1v) is 15.5. The maximum absolute atomic E-state index is 14.1. The zero-order valence-electron chi connectivity index (χ0n) is 28.8. The molecule has 0 fully saturated rings. The van der Waals surface area contributed by atoms with Gasteiger partial charge in [-0.25, -0.2) is 9.78 Å². The third-order valence-corrected chi connectivity index (χ3v) is 8.48. The van der Waals surface area contributed by atoms with Crippen LogP contribution in [0.2, 0.25) is 0 Å². The highest BCUT2D eigenvalue weighted by Crippen LogP contribution is 2.49. The second-order valence-corrected chi connectivity index (χ2v) is 13.9. The Hall–Kier alpha value is -5.02. The number of carboxylic acid groups (broad SMARTS) is 1. The highest BCUT2D eigenvalue weighted by atomic mass is 16.6. The number of benzene rings is 2. The Morgan fingerprint density at radius 2 is 1.65 bits per heavy atom. The highest BCUT2D eigenvalue weighted by molar-refractivity contribution is 6.01. The van der Waals surface area contributed by atoms with Crippen molar-refractivity contribution in [1.82, 2.24) is 14.9 Å². The van der Waals surface area contributed by atoms with Gasteiger partial charge >= 0.3 is 17.9 Å². The largest absolute Gasteiger partial charge is 0.480 e. The van der Waals surface area contributed by atoms with Gasteiger partial charge in [0.25, 0.3) is 11.5 Å². The quantitative estimate of drug-likeness (QED) is 0.155. The molecule has 0 bridgehead atoms. The number of fused-ring (bicyclic) bond motifs is 1. The zero-order valence-corrected chi connectivity index (χ0v) is 28.8. The van der Waals surface area contributed by atoms with Crippen molar-refractivity contribution in [2.75, 3.05) is 18.5 Å². The number of amides is 1. The van der Waals surface area contributed by atoms with Gasteiger partial charge in [0.05, 0.1) is 17.4 Å². The van der Waals surface area contributed by atoms with E-state index in [1.807, 2.05) is 11.0 Å². The van der Waals surface area contributed by atoms with Crippen molar-refractivity contribution in [3.63, 3.8) is 0 Å². The van der Waals surface area contributed by atoms with Crippen LogP contribution in [-0.4, -0.2) is 69.0 Å². The summed E-state index contributed by atoms with van der Waals surface area (Å²) < 4.78 is 5.31. The van der Waals surface area contributed by atoms with E-state index >= 15 is 0 Å². The molecule has 0 spiro atoms. The number of carboxylic acids is 1. The number of anilines is 1. The van der Waals surface area contributed by atoms with Crippen molar-refractivity contribution in [1.29, 1.82) is 0 Å². The van der Waals surface area contributed by atoms with Crippen LogP contribution in [0.25, 0.3) is 10.9 Å². The lowest BCUT2D eigenvalue weighted by Crippen LogP contribution is -2.70. The average molecular weight is 660 g/mol. The molecule has 256 valence electrons. The minimum Gasteiger partial charge on any atom is -0.480 e. The molecule has 0 aliphatic heterocycles. The smallest absolute Gasteiger partial charge is 0.340 e. The van der Waals surface area contributed by atoms with E-state index in [4.69, 9.17) is 22.0 Å². The number of aromatic nitrogens is 2. The Balaban J connectivity index is 1.92. The Bertz CT molecular complexity index is 1780. The molecule has 12 nitrogen and oxygen atoms in total. The third-order valence-electron chi connectivity index (χ3n) is 8.48. The molecular formula is C36H45N5O7. The van der Waals surface area contributed by atoms with Gasteiger partial charge in [-0.3, -0.25) is 19.2 Å². The number of likely N-dealkylation sites (N-methyl/N-ethyl adjacent to an activating group) is 1. The van der Waals surface area contributed by atoms with Gasteiger partial charge in [0, 0.05) is 31.3 Å². The number of carbonyl (C=O) groups excluding carboxylic acids is 3. The number of hydrogen-bond donors (Lipinski definition) is 3. The zero-order chi connectivity index (χ0) is 36.2. The number of nitrogens with two attached hydrogens (primary N) is 1. The summed E-state index contributed by atoms with van der Waals surface area (Å²) >= 11 is 0. The number of nitrogens with one attached hydrogen (secondary N) is 1. The number of carbonyl (C=O) groups is 4. The molecule has 0 unspecified atom stereocenters. The monoisotopic (exact) mass is 659 g/mol. The predicted molar refractivity (Wildman–Crippen MR) is 183 cm³/mol. The van der Waals surface area contributed by atoms with Gasteiger partial charge in [0.15, 0.2) is 5.54 Å². The van der Waals surface area contributed by atoms with Crippen LogP contribution in [0.15, 0.2) is 47.3 Å². The number of esters is 2. The lowest BCUT2D eigenvalue weighted by Gasteiger charge is -2.55. The molecule has 12 heteroatoms. The number of H-pyrrole nitrogens is 1. The van der Waals surface area contributed by atoms with Gasteiger partial charge < -0.3 is 30.4 Å². The Morgan fingerprint density at radius 1 is 1.04 bits per heavy atom. The van der Waals surface area contributed by atoms with Crippen molar-refractivity contribution < 1.29 is 29.0 Å². The molecule has 2 aromatic carbocycles. The number of ether oxygens (including phenoxy) is 1.